The highest BCUT2D eigenvalue weighted by atomic mass is 16.5. The molecule has 108 valence electrons. The maximum absolute atomic E-state index is 11.6. The van der Waals surface area contributed by atoms with E-state index in [0.29, 0.717) is 6.61 Å². The number of carbonyl (C=O) groups excluding carboxylic acids is 2. The lowest BCUT2D eigenvalue weighted by atomic mass is 10.0. The highest BCUT2D eigenvalue weighted by Crippen LogP contribution is 2.26. The molecule has 2 unspecified atom stereocenters. The molecule has 1 N–H and O–H groups in total. The molecular formula is C14H23NO4. The first kappa shape index (κ1) is 15.5. The Kier molecular flexibility index (Phi) is 7.00. The summed E-state index contributed by atoms with van der Waals surface area (Å²) in [5.41, 5.74) is 0. The average molecular weight is 269 g/mol. The van der Waals surface area contributed by atoms with Gasteiger partial charge in [-0.1, -0.05) is 25.8 Å². The number of nitrogens with one attached hydrogen (secondary N) is 1. The van der Waals surface area contributed by atoms with Gasteiger partial charge in [-0.3, -0.25) is 0 Å². The predicted molar refractivity (Wildman–Crippen MR) is 71.7 cm³/mol. The highest BCUT2D eigenvalue weighted by molar-refractivity contribution is 5.81. The van der Waals surface area contributed by atoms with Gasteiger partial charge in [-0.05, 0) is 25.2 Å². The van der Waals surface area contributed by atoms with Crippen LogP contribution in [-0.4, -0.2) is 31.8 Å². The fraction of sp³-hybridized carbons (Fsp3) is 0.714. The van der Waals surface area contributed by atoms with Gasteiger partial charge in [0, 0.05) is 12.1 Å². The zero-order valence-electron chi connectivity index (χ0n) is 11.7. The second kappa shape index (κ2) is 8.56. The summed E-state index contributed by atoms with van der Waals surface area (Å²) < 4.78 is 9.63. The van der Waals surface area contributed by atoms with E-state index in [1.165, 1.54) is 13.2 Å². The molecule has 1 aliphatic carbocycles. The summed E-state index contributed by atoms with van der Waals surface area (Å²) in [4.78, 5) is 22.6. The van der Waals surface area contributed by atoms with E-state index in [2.05, 4.69) is 10.1 Å². The van der Waals surface area contributed by atoms with E-state index in [0.717, 1.165) is 32.1 Å². The SMILES string of the molecule is CCCCOC(=O)NC1CCCC1C=CC(=O)OC. The van der Waals surface area contributed by atoms with E-state index in [-0.39, 0.29) is 24.0 Å². The number of alkyl carbamates (subject to hydrolysis) is 1. The van der Waals surface area contributed by atoms with Crippen LogP contribution in [-0.2, 0) is 14.3 Å². The zero-order valence-corrected chi connectivity index (χ0v) is 11.7. The lowest BCUT2D eigenvalue weighted by Gasteiger charge is -2.17. The van der Waals surface area contributed by atoms with Crippen LogP contribution in [0.4, 0.5) is 4.79 Å². The van der Waals surface area contributed by atoms with Crippen LogP contribution in [0.5, 0.6) is 0 Å². The molecule has 0 radical (unpaired) electrons. The molecule has 0 bridgehead atoms. The molecule has 0 heterocycles. The van der Waals surface area contributed by atoms with Gasteiger partial charge in [0.25, 0.3) is 0 Å². The molecular weight excluding hydrogens is 246 g/mol. The molecule has 0 aromatic heterocycles. The van der Waals surface area contributed by atoms with Crippen LogP contribution in [0, 0.1) is 5.92 Å². The number of amides is 1. The van der Waals surface area contributed by atoms with Crippen molar-refractivity contribution in [2.45, 2.75) is 45.1 Å². The van der Waals surface area contributed by atoms with Crippen molar-refractivity contribution in [2.75, 3.05) is 13.7 Å². The minimum atomic E-state index is -0.365. The van der Waals surface area contributed by atoms with E-state index < -0.39 is 0 Å². The highest BCUT2D eigenvalue weighted by Gasteiger charge is 2.27. The van der Waals surface area contributed by atoms with Gasteiger partial charge in [0.05, 0.1) is 13.7 Å². The number of rotatable bonds is 6. The molecule has 2 atom stereocenters. The van der Waals surface area contributed by atoms with E-state index >= 15 is 0 Å². The average Bonchev–Trinajstić information content (AvgIpc) is 2.83. The van der Waals surface area contributed by atoms with Crippen LogP contribution in [0.25, 0.3) is 0 Å². The fourth-order valence-electron chi connectivity index (χ4n) is 2.17. The molecule has 0 aromatic carbocycles. The normalized spacial score (nSPS) is 22.4. The van der Waals surface area contributed by atoms with E-state index in [1.807, 2.05) is 13.0 Å². The van der Waals surface area contributed by atoms with Crippen molar-refractivity contribution in [1.29, 1.82) is 0 Å². The number of carbonyl (C=O) groups is 2. The van der Waals surface area contributed by atoms with Crippen molar-refractivity contribution in [1.82, 2.24) is 5.32 Å². The largest absolute Gasteiger partial charge is 0.466 e. The number of methoxy groups -OCH3 is 1. The number of hydrogen-bond acceptors (Lipinski definition) is 4. The third-order valence-electron chi connectivity index (χ3n) is 3.28. The predicted octanol–water partition coefficient (Wildman–Crippen LogP) is 2.41. The minimum absolute atomic E-state index is 0.0510. The molecule has 0 aromatic rings. The fourth-order valence-corrected chi connectivity index (χ4v) is 2.17. The second-order valence-corrected chi connectivity index (χ2v) is 4.72. The van der Waals surface area contributed by atoms with Gasteiger partial charge in [0.15, 0.2) is 0 Å². The number of hydrogen-bond donors (Lipinski definition) is 1. The second-order valence-electron chi connectivity index (χ2n) is 4.72. The topological polar surface area (TPSA) is 64.6 Å². The summed E-state index contributed by atoms with van der Waals surface area (Å²) in [6.45, 7) is 2.50. The Morgan fingerprint density at radius 1 is 1.37 bits per heavy atom. The van der Waals surface area contributed by atoms with Crippen molar-refractivity contribution in [3.63, 3.8) is 0 Å². The van der Waals surface area contributed by atoms with Crippen LogP contribution in [0.15, 0.2) is 12.2 Å². The Hall–Kier alpha value is -1.52. The van der Waals surface area contributed by atoms with Gasteiger partial charge in [0.2, 0.25) is 0 Å². The van der Waals surface area contributed by atoms with Gasteiger partial charge < -0.3 is 14.8 Å². The van der Waals surface area contributed by atoms with E-state index in [9.17, 15) is 9.59 Å². The summed E-state index contributed by atoms with van der Waals surface area (Å²) >= 11 is 0. The van der Waals surface area contributed by atoms with Crippen molar-refractivity contribution >= 4 is 12.1 Å². The molecule has 0 spiro atoms. The molecule has 5 heteroatoms. The van der Waals surface area contributed by atoms with Gasteiger partial charge in [0.1, 0.15) is 0 Å². The molecule has 1 aliphatic rings. The van der Waals surface area contributed by atoms with Gasteiger partial charge in [-0.25, -0.2) is 9.59 Å². The maximum Gasteiger partial charge on any atom is 0.407 e. The summed E-state index contributed by atoms with van der Waals surface area (Å²) in [5.74, 6) is -0.186. The molecule has 19 heavy (non-hydrogen) atoms. The smallest absolute Gasteiger partial charge is 0.407 e. The van der Waals surface area contributed by atoms with Crippen molar-refractivity contribution in [3.8, 4) is 0 Å². The summed E-state index contributed by atoms with van der Waals surface area (Å²) in [7, 11) is 1.35. The van der Waals surface area contributed by atoms with E-state index in [1.54, 1.807) is 0 Å². The van der Waals surface area contributed by atoms with Crippen molar-refractivity contribution in [2.24, 2.45) is 5.92 Å². The number of esters is 1. The third kappa shape index (κ3) is 5.77. The summed E-state index contributed by atoms with van der Waals surface area (Å²) in [5, 5.41) is 2.87. The first-order valence-electron chi connectivity index (χ1n) is 6.86. The van der Waals surface area contributed by atoms with Gasteiger partial charge in [-0.15, -0.1) is 0 Å². The Bertz CT molecular complexity index is 327. The molecule has 0 saturated heterocycles. The summed E-state index contributed by atoms with van der Waals surface area (Å²) in [6.07, 6.45) is 7.67. The quantitative estimate of drug-likeness (QED) is 0.457. The van der Waals surface area contributed by atoms with Crippen LogP contribution in [0.2, 0.25) is 0 Å². The molecule has 0 aliphatic heterocycles. The van der Waals surface area contributed by atoms with Crippen LogP contribution in [0.1, 0.15) is 39.0 Å². The van der Waals surface area contributed by atoms with Crippen LogP contribution in [0.3, 0.4) is 0 Å². The van der Waals surface area contributed by atoms with Gasteiger partial charge >= 0.3 is 12.1 Å². The third-order valence-corrected chi connectivity index (χ3v) is 3.28. The monoisotopic (exact) mass is 269 g/mol. The maximum atomic E-state index is 11.6. The molecule has 1 amide bonds. The first-order valence-corrected chi connectivity index (χ1v) is 6.86. The first-order chi connectivity index (χ1) is 9.17. The minimum Gasteiger partial charge on any atom is -0.466 e. The Balaban J connectivity index is 2.37. The molecule has 1 saturated carbocycles. The van der Waals surface area contributed by atoms with Crippen molar-refractivity contribution in [3.05, 3.63) is 12.2 Å². The zero-order chi connectivity index (χ0) is 14.1. The molecule has 5 nitrogen and oxygen atoms in total. The Labute approximate surface area is 114 Å². The lowest BCUT2D eigenvalue weighted by molar-refractivity contribution is -0.134. The van der Waals surface area contributed by atoms with Gasteiger partial charge in [-0.2, -0.15) is 0 Å². The number of unbranched alkanes of at least 4 members (excludes halogenated alkanes) is 1. The number of ether oxygens (including phenoxy) is 2. The van der Waals surface area contributed by atoms with Crippen LogP contribution < -0.4 is 5.32 Å². The molecule has 1 rings (SSSR count). The Morgan fingerprint density at radius 2 is 2.16 bits per heavy atom. The standard InChI is InChI=1S/C14H23NO4/c1-3-4-10-19-14(17)15-12-7-5-6-11(12)8-9-13(16)18-2/h8-9,11-12H,3-7,10H2,1-2H3,(H,15,17). The van der Waals surface area contributed by atoms with E-state index in [4.69, 9.17) is 4.74 Å². The summed E-state index contributed by atoms with van der Waals surface area (Å²) in [6, 6.07) is 0.0510. The molecule has 1 fully saturated rings. The lowest BCUT2D eigenvalue weighted by Crippen LogP contribution is -2.37. The van der Waals surface area contributed by atoms with Crippen LogP contribution >= 0.6 is 0 Å². The Morgan fingerprint density at radius 3 is 2.84 bits per heavy atom. The van der Waals surface area contributed by atoms with Crippen molar-refractivity contribution < 1.29 is 19.1 Å².